The summed E-state index contributed by atoms with van der Waals surface area (Å²) in [6.07, 6.45) is 1.07. The molecule has 0 aliphatic heterocycles. The highest BCUT2D eigenvalue weighted by Crippen LogP contribution is 2.19. The van der Waals surface area contributed by atoms with Gasteiger partial charge in [-0.15, -0.1) is 0 Å². The minimum Gasteiger partial charge on any atom is -0.307 e. The van der Waals surface area contributed by atoms with E-state index in [2.05, 4.69) is 81.5 Å². The van der Waals surface area contributed by atoms with E-state index in [1.807, 2.05) is 0 Å². The van der Waals surface area contributed by atoms with E-state index in [0.717, 1.165) is 6.42 Å². The van der Waals surface area contributed by atoms with Gasteiger partial charge in [-0.25, -0.2) is 0 Å². The number of aryl methyl sites for hydroxylation is 2. The number of hydrogen-bond donors (Lipinski definition) is 1. The van der Waals surface area contributed by atoms with E-state index in [1.165, 1.54) is 22.3 Å². The lowest BCUT2D eigenvalue weighted by Gasteiger charge is -2.22. The smallest absolute Gasteiger partial charge is 0.0297 e. The average Bonchev–Trinajstić information content (AvgIpc) is 2.42. The number of rotatable bonds is 5. The van der Waals surface area contributed by atoms with Crippen molar-refractivity contribution >= 4 is 0 Å². The van der Waals surface area contributed by atoms with Crippen molar-refractivity contribution in [2.24, 2.45) is 0 Å². The lowest BCUT2D eigenvalue weighted by Crippen LogP contribution is -2.31. The first-order valence-electron chi connectivity index (χ1n) is 7.43. The van der Waals surface area contributed by atoms with E-state index in [0.29, 0.717) is 12.1 Å². The van der Waals surface area contributed by atoms with Crippen molar-refractivity contribution in [1.29, 1.82) is 0 Å². The molecule has 0 heterocycles. The number of benzene rings is 2. The molecule has 0 saturated carbocycles. The molecule has 2 aromatic carbocycles. The predicted octanol–water partition coefficient (Wildman–Crippen LogP) is 4.59. The molecular weight excluding hydrogens is 242 g/mol. The summed E-state index contributed by atoms with van der Waals surface area (Å²) in [6, 6.07) is 18.2. The average molecular weight is 267 g/mol. The van der Waals surface area contributed by atoms with Crippen molar-refractivity contribution in [2.45, 2.75) is 46.2 Å². The van der Waals surface area contributed by atoms with Crippen LogP contribution in [0.2, 0.25) is 0 Å². The topological polar surface area (TPSA) is 12.0 Å². The van der Waals surface area contributed by atoms with Crippen LogP contribution in [0.1, 0.15) is 42.1 Å². The van der Waals surface area contributed by atoms with Crippen molar-refractivity contribution in [3.63, 3.8) is 0 Å². The molecule has 0 amide bonds. The third-order valence-electron chi connectivity index (χ3n) is 3.82. The van der Waals surface area contributed by atoms with Crippen LogP contribution in [0.5, 0.6) is 0 Å². The van der Waals surface area contributed by atoms with Gasteiger partial charge in [0.05, 0.1) is 0 Å². The Morgan fingerprint density at radius 2 is 1.65 bits per heavy atom. The van der Waals surface area contributed by atoms with Gasteiger partial charge < -0.3 is 5.32 Å². The van der Waals surface area contributed by atoms with Crippen LogP contribution in [-0.4, -0.2) is 6.04 Å². The molecule has 0 radical (unpaired) electrons. The zero-order valence-corrected chi connectivity index (χ0v) is 13.0. The summed E-state index contributed by atoms with van der Waals surface area (Å²) in [6.45, 7) is 8.86. The Bertz CT molecular complexity index is 545. The predicted molar refractivity (Wildman–Crippen MR) is 87.1 cm³/mol. The fourth-order valence-electron chi connectivity index (χ4n) is 2.77. The van der Waals surface area contributed by atoms with Gasteiger partial charge in [0.25, 0.3) is 0 Å². The van der Waals surface area contributed by atoms with Crippen LogP contribution >= 0.6 is 0 Å². The number of hydrogen-bond acceptors (Lipinski definition) is 1. The summed E-state index contributed by atoms with van der Waals surface area (Å²) in [7, 11) is 0. The summed E-state index contributed by atoms with van der Waals surface area (Å²) in [5.41, 5.74) is 5.49. The molecule has 2 atom stereocenters. The fourth-order valence-corrected chi connectivity index (χ4v) is 2.77. The lowest BCUT2D eigenvalue weighted by molar-refractivity contribution is 0.476. The summed E-state index contributed by atoms with van der Waals surface area (Å²) in [5.74, 6) is 0. The molecule has 0 bridgehead atoms. The van der Waals surface area contributed by atoms with Gasteiger partial charge >= 0.3 is 0 Å². The molecule has 20 heavy (non-hydrogen) atoms. The first-order valence-corrected chi connectivity index (χ1v) is 7.43. The molecule has 2 unspecified atom stereocenters. The zero-order valence-electron chi connectivity index (χ0n) is 13.0. The van der Waals surface area contributed by atoms with Crippen molar-refractivity contribution in [1.82, 2.24) is 5.32 Å². The summed E-state index contributed by atoms with van der Waals surface area (Å²) in [5, 5.41) is 3.71. The highest BCUT2D eigenvalue weighted by atomic mass is 14.9. The maximum atomic E-state index is 3.71. The molecule has 0 aliphatic rings. The van der Waals surface area contributed by atoms with Crippen LogP contribution in [-0.2, 0) is 6.42 Å². The monoisotopic (exact) mass is 267 g/mol. The van der Waals surface area contributed by atoms with E-state index >= 15 is 0 Å². The van der Waals surface area contributed by atoms with E-state index in [9.17, 15) is 0 Å². The highest BCUT2D eigenvalue weighted by Gasteiger charge is 2.12. The molecule has 0 fully saturated rings. The third-order valence-corrected chi connectivity index (χ3v) is 3.82. The first kappa shape index (κ1) is 14.8. The Hall–Kier alpha value is -1.60. The second-order valence-corrected chi connectivity index (χ2v) is 5.84. The van der Waals surface area contributed by atoms with Crippen molar-refractivity contribution < 1.29 is 0 Å². The molecule has 0 spiro atoms. The molecule has 2 aromatic rings. The van der Waals surface area contributed by atoms with Gasteiger partial charge in [0.1, 0.15) is 0 Å². The SMILES string of the molecule is Cc1ccc(C)c(C(C)NC(C)Cc2ccccc2)c1. The van der Waals surface area contributed by atoms with Crippen LogP contribution in [0, 0.1) is 13.8 Å². The quantitative estimate of drug-likeness (QED) is 0.835. The molecule has 0 aliphatic carbocycles. The molecule has 0 saturated heterocycles. The van der Waals surface area contributed by atoms with E-state index in [-0.39, 0.29) is 0 Å². The highest BCUT2D eigenvalue weighted by molar-refractivity contribution is 5.32. The van der Waals surface area contributed by atoms with Gasteiger partial charge in [-0.3, -0.25) is 0 Å². The van der Waals surface area contributed by atoms with Crippen molar-refractivity contribution in [3.05, 3.63) is 70.8 Å². The van der Waals surface area contributed by atoms with Crippen molar-refractivity contribution in [2.75, 3.05) is 0 Å². The molecule has 106 valence electrons. The second kappa shape index (κ2) is 6.71. The Morgan fingerprint density at radius 3 is 2.35 bits per heavy atom. The summed E-state index contributed by atoms with van der Waals surface area (Å²) >= 11 is 0. The minimum absolute atomic E-state index is 0.383. The van der Waals surface area contributed by atoms with Crippen LogP contribution in [0.25, 0.3) is 0 Å². The molecule has 1 heteroatoms. The molecule has 1 nitrogen and oxygen atoms in total. The Kier molecular flexibility index (Phi) is 4.97. The zero-order chi connectivity index (χ0) is 14.5. The standard InChI is InChI=1S/C19H25N/c1-14-10-11-15(2)19(12-14)17(4)20-16(3)13-18-8-6-5-7-9-18/h5-12,16-17,20H,13H2,1-4H3. The summed E-state index contributed by atoms with van der Waals surface area (Å²) in [4.78, 5) is 0. The normalized spacial score (nSPS) is 14.0. The largest absolute Gasteiger partial charge is 0.307 e. The van der Waals surface area contributed by atoms with Crippen LogP contribution < -0.4 is 5.32 Å². The van der Waals surface area contributed by atoms with Gasteiger partial charge in [0.2, 0.25) is 0 Å². The van der Waals surface area contributed by atoms with Crippen LogP contribution in [0.4, 0.5) is 0 Å². The second-order valence-electron chi connectivity index (χ2n) is 5.84. The van der Waals surface area contributed by atoms with Gasteiger partial charge in [0.15, 0.2) is 0 Å². The van der Waals surface area contributed by atoms with Crippen LogP contribution in [0.15, 0.2) is 48.5 Å². The van der Waals surface area contributed by atoms with Crippen LogP contribution in [0.3, 0.4) is 0 Å². The number of nitrogens with one attached hydrogen (secondary N) is 1. The third kappa shape index (κ3) is 3.94. The first-order chi connectivity index (χ1) is 9.56. The Morgan fingerprint density at radius 1 is 0.950 bits per heavy atom. The maximum Gasteiger partial charge on any atom is 0.0297 e. The molecule has 0 aromatic heterocycles. The van der Waals surface area contributed by atoms with Crippen molar-refractivity contribution in [3.8, 4) is 0 Å². The Labute approximate surface area is 123 Å². The van der Waals surface area contributed by atoms with E-state index in [1.54, 1.807) is 0 Å². The lowest BCUT2D eigenvalue weighted by atomic mass is 9.98. The maximum absolute atomic E-state index is 3.71. The molecular formula is C19H25N. The fraction of sp³-hybridized carbons (Fsp3) is 0.368. The minimum atomic E-state index is 0.383. The summed E-state index contributed by atoms with van der Waals surface area (Å²) < 4.78 is 0. The van der Waals surface area contributed by atoms with Gasteiger partial charge in [0, 0.05) is 12.1 Å². The van der Waals surface area contributed by atoms with E-state index in [4.69, 9.17) is 0 Å². The molecule has 1 N–H and O–H groups in total. The van der Waals surface area contributed by atoms with Gasteiger partial charge in [-0.1, -0.05) is 54.1 Å². The van der Waals surface area contributed by atoms with E-state index < -0.39 is 0 Å². The Balaban J connectivity index is 2.00. The van der Waals surface area contributed by atoms with Gasteiger partial charge in [-0.2, -0.15) is 0 Å². The molecule has 2 rings (SSSR count). The van der Waals surface area contributed by atoms with Gasteiger partial charge in [-0.05, 0) is 50.8 Å².